The van der Waals surface area contributed by atoms with Crippen molar-refractivity contribution in [2.24, 2.45) is 11.5 Å². The Morgan fingerprint density at radius 2 is 2.04 bits per heavy atom. The first-order valence-corrected chi connectivity index (χ1v) is 9.03. The minimum Gasteiger partial charge on any atom is -0.480 e. The molecule has 6 N–H and O–H groups in total. The summed E-state index contributed by atoms with van der Waals surface area (Å²) in [6.07, 6.45) is 2.79. The molecule has 0 saturated carbocycles. The molecule has 10 heteroatoms. The molecule has 0 spiro atoms. The average Bonchev–Trinajstić information content (AvgIpc) is 3.00. The van der Waals surface area contributed by atoms with Gasteiger partial charge in [0.15, 0.2) is 0 Å². The SMILES string of the molecule is CSCC[C@H](N)C(=O)N[C@@H](CC(N)=O)C(=O)N1CCC[C@@H]1C(=O)O. The standard InChI is InChI=1S/C14H24N4O5S/c1-24-6-4-8(15)12(20)17-9(7-11(16)19)13(21)18-5-2-3-10(18)14(22)23/h8-10H,2-7,15H2,1H3,(H2,16,19)(H,17,20)(H,22,23)/t8-,9-,10+/m0/s1. The van der Waals surface area contributed by atoms with Crippen LogP contribution < -0.4 is 16.8 Å². The lowest BCUT2D eigenvalue weighted by molar-refractivity contribution is -0.149. The van der Waals surface area contributed by atoms with E-state index in [0.29, 0.717) is 25.0 Å². The number of carboxylic acids is 1. The summed E-state index contributed by atoms with van der Waals surface area (Å²) in [6, 6.07) is -2.96. The number of hydrogen-bond acceptors (Lipinski definition) is 6. The first-order chi connectivity index (χ1) is 11.3. The highest BCUT2D eigenvalue weighted by Crippen LogP contribution is 2.19. The van der Waals surface area contributed by atoms with Crippen molar-refractivity contribution < 1.29 is 24.3 Å². The number of likely N-dealkylation sites (tertiary alicyclic amines) is 1. The van der Waals surface area contributed by atoms with Gasteiger partial charge in [-0.25, -0.2) is 4.79 Å². The number of primary amides is 1. The van der Waals surface area contributed by atoms with E-state index < -0.39 is 48.2 Å². The van der Waals surface area contributed by atoms with E-state index in [0.717, 1.165) is 0 Å². The van der Waals surface area contributed by atoms with Gasteiger partial charge in [-0.15, -0.1) is 0 Å². The van der Waals surface area contributed by atoms with Gasteiger partial charge in [-0.3, -0.25) is 14.4 Å². The minimum absolute atomic E-state index is 0.263. The van der Waals surface area contributed by atoms with Crippen molar-refractivity contribution in [1.29, 1.82) is 0 Å². The monoisotopic (exact) mass is 360 g/mol. The zero-order valence-electron chi connectivity index (χ0n) is 13.6. The van der Waals surface area contributed by atoms with E-state index in [9.17, 15) is 19.2 Å². The molecule has 1 heterocycles. The van der Waals surface area contributed by atoms with Crippen LogP contribution in [0.5, 0.6) is 0 Å². The highest BCUT2D eigenvalue weighted by Gasteiger charge is 2.38. The highest BCUT2D eigenvalue weighted by molar-refractivity contribution is 7.98. The molecule has 0 unspecified atom stereocenters. The van der Waals surface area contributed by atoms with Crippen LogP contribution in [0.4, 0.5) is 0 Å². The van der Waals surface area contributed by atoms with E-state index in [1.165, 1.54) is 16.7 Å². The molecule has 0 radical (unpaired) electrons. The number of carbonyl (C=O) groups excluding carboxylic acids is 3. The third-order valence-electron chi connectivity index (χ3n) is 3.81. The van der Waals surface area contributed by atoms with Crippen LogP contribution in [-0.2, 0) is 19.2 Å². The van der Waals surface area contributed by atoms with Gasteiger partial charge in [-0.05, 0) is 31.3 Å². The van der Waals surface area contributed by atoms with E-state index in [-0.39, 0.29) is 6.54 Å². The summed E-state index contributed by atoms with van der Waals surface area (Å²) in [5.74, 6) is -2.38. The van der Waals surface area contributed by atoms with Crippen LogP contribution in [0.3, 0.4) is 0 Å². The van der Waals surface area contributed by atoms with E-state index in [1.807, 2.05) is 6.26 Å². The van der Waals surface area contributed by atoms with E-state index in [2.05, 4.69) is 5.32 Å². The maximum Gasteiger partial charge on any atom is 0.326 e. The van der Waals surface area contributed by atoms with Gasteiger partial charge in [0.1, 0.15) is 12.1 Å². The van der Waals surface area contributed by atoms with Crippen molar-refractivity contribution in [3.63, 3.8) is 0 Å². The zero-order valence-corrected chi connectivity index (χ0v) is 14.4. The third-order valence-corrected chi connectivity index (χ3v) is 4.45. The first kappa shape index (κ1) is 20.2. The number of rotatable bonds is 9. The molecule has 3 amide bonds. The lowest BCUT2D eigenvalue weighted by Gasteiger charge is -2.27. The third kappa shape index (κ3) is 5.68. The Labute approximate surface area is 144 Å². The zero-order chi connectivity index (χ0) is 18.3. The molecule has 3 atom stereocenters. The molecule has 0 aliphatic carbocycles. The van der Waals surface area contributed by atoms with Gasteiger partial charge in [-0.2, -0.15) is 11.8 Å². The number of nitrogens with zero attached hydrogens (tertiary/aromatic N) is 1. The van der Waals surface area contributed by atoms with Crippen molar-refractivity contribution >= 4 is 35.5 Å². The Morgan fingerprint density at radius 3 is 2.58 bits per heavy atom. The first-order valence-electron chi connectivity index (χ1n) is 7.64. The van der Waals surface area contributed by atoms with E-state index >= 15 is 0 Å². The fourth-order valence-electron chi connectivity index (χ4n) is 2.54. The van der Waals surface area contributed by atoms with Gasteiger partial charge in [0.05, 0.1) is 12.5 Å². The Morgan fingerprint density at radius 1 is 1.38 bits per heavy atom. The number of carboxylic acid groups (broad SMARTS) is 1. The van der Waals surface area contributed by atoms with Gasteiger partial charge in [-0.1, -0.05) is 0 Å². The van der Waals surface area contributed by atoms with Crippen molar-refractivity contribution in [3.05, 3.63) is 0 Å². The number of hydrogen-bond donors (Lipinski definition) is 4. The van der Waals surface area contributed by atoms with Crippen LogP contribution in [0, 0.1) is 0 Å². The van der Waals surface area contributed by atoms with Gasteiger partial charge in [0.2, 0.25) is 17.7 Å². The molecule has 136 valence electrons. The smallest absolute Gasteiger partial charge is 0.326 e. The van der Waals surface area contributed by atoms with Crippen LogP contribution in [0.25, 0.3) is 0 Å². The summed E-state index contributed by atoms with van der Waals surface area (Å²) in [4.78, 5) is 48.3. The number of nitrogens with one attached hydrogen (secondary N) is 1. The normalized spacial score (nSPS) is 19.6. The summed E-state index contributed by atoms with van der Waals surface area (Å²) >= 11 is 1.53. The van der Waals surface area contributed by atoms with Crippen molar-refractivity contribution in [2.75, 3.05) is 18.6 Å². The Hall–Kier alpha value is -1.81. The van der Waals surface area contributed by atoms with Crippen molar-refractivity contribution in [3.8, 4) is 0 Å². The molecular weight excluding hydrogens is 336 g/mol. The molecule has 0 aromatic rings. The quantitative estimate of drug-likeness (QED) is 0.390. The Bertz CT molecular complexity index is 502. The molecular formula is C14H24N4O5S. The summed E-state index contributed by atoms with van der Waals surface area (Å²) in [7, 11) is 0. The maximum atomic E-state index is 12.6. The van der Waals surface area contributed by atoms with Gasteiger partial charge in [0.25, 0.3) is 0 Å². The summed E-state index contributed by atoms with van der Waals surface area (Å²) in [6.45, 7) is 0.263. The Kier molecular flexibility index (Phi) is 7.99. The van der Waals surface area contributed by atoms with Gasteiger partial charge in [0, 0.05) is 6.54 Å². The topological polar surface area (TPSA) is 156 Å². The second-order valence-corrected chi connectivity index (χ2v) is 6.63. The molecule has 9 nitrogen and oxygen atoms in total. The van der Waals surface area contributed by atoms with Crippen molar-refractivity contribution in [2.45, 2.75) is 43.8 Å². The second-order valence-electron chi connectivity index (χ2n) is 5.65. The lowest BCUT2D eigenvalue weighted by atomic mass is 10.1. The van der Waals surface area contributed by atoms with Crippen LogP contribution >= 0.6 is 11.8 Å². The largest absolute Gasteiger partial charge is 0.480 e. The highest BCUT2D eigenvalue weighted by atomic mass is 32.2. The number of nitrogens with two attached hydrogens (primary N) is 2. The Balaban J connectivity index is 2.80. The number of carbonyl (C=O) groups is 4. The number of aliphatic carboxylic acids is 1. The molecule has 1 saturated heterocycles. The minimum atomic E-state index is -1.20. The fourth-order valence-corrected chi connectivity index (χ4v) is 3.03. The predicted molar refractivity (Wildman–Crippen MR) is 89.1 cm³/mol. The fraction of sp³-hybridized carbons (Fsp3) is 0.714. The molecule has 0 aromatic carbocycles. The molecule has 1 fully saturated rings. The number of thioether (sulfide) groups is 1. The van der Waals surface area contributed by atoms with Crippen LogP contribution in [0.1, 0.15) is 25.7 Å². The molecule has 0 bridgehead atoms. The maximum absolute atomic E-state index is 12.6. The summed E-state index contributed by atoms with van der Waals surface area (Å²) in [5.41, 5.74) is 10.9. The molecule has 1 rings (SSSR count). The van der Waals surface area contributed by atoms with Crippen LogP contribution in [0.2, 0.25) is 0 Å². The second kappa shape index (κ2) is 9.48. The van der Waals surface area contributed by atoms with Crippen LogP contribution in [0.15, 0.2) is 0 Å². The molecule has 1 aliphatic heterocycles. The van der Waals surface area contributed by atoms with Gasteiger partial charge >= 0.3 is 5.97 Å². The van der Waals surface area contributed by atoms with E-state index in [1.54, 1.807) is 0 Å². The van der Waals surface area contributed by atoms with Crippen LogP contribution in [-0.4, -0.2) is 70.4 Å². The van der Waals surface area contributed by atoms with Crippen molar-refractivity contribution in [1.82, 2.24) is 10.2 Å². The molecule has 0 aromatic heterocycles. The summed E-state index contributed by atoms with van der Waals surface area (Å²) < 4.78 is 0. The van der Waals surface area contributed by atoms with E-state index in [4.69, 9.17) is 16.6 Å². The molecule has 24 heavy (non-hydrogen) atoms. The summed E-state index contributed by atoms with van der Waals surface area (Å²) in [5, 5.41) is 11.6. The predicted octanol–water partition coefficient (Wildman–Crippen LogP) is -1.50. The average molecular weight is 360 g/mol. The molecule has 1 aliphatic rings. The number of amides is 3. The lowest BCUT2D eigenvalue weighted by Crippen LogP contribution is -2.55. The van der Waals surface area contributed by atoms with Gasteiger partial charge < -0.3 is 26.8 Å².